The van der Waals surface area contributed by atoms with Gasteiger partial charge in [-0.15, -0.1) is 0 Å². The van der Waals surface area contributed by atoms with Crippen LogP contribution in [0.1, 0.15) is 22.7 Å². The molecule has 0 heterocycles. The fraction of sp³-hybridized carbons (Fsp3) is 0.143. The molecule has 18 heavy (non-hydrogen) atoms. The summed E-state index contributed by atoms with van der Waals surface area (Å²) in [6.45, 7) is 1.86. The van der Waals surface area contributed by atoms with Crippen molar-refractivity contribution < 1.29 is 8.78 Å². The van der Waals surface area contributed by atoms with Crippen LogP contribution in [0.3, 0.4) is 0 Å². The summed E-state index contributed by atoms with van der Waals surface area (Å²) in [7, 11) is 0. The number of benzene rings is 2. The van der Waals surface area contributed by atoms with Gasteiger partial charge in [0.15, 0.2) is 11.6 Å². The smallest absolute Gasteiger partial charge is 0.163 e. The molecule has 1 unspecified atom stereocenters. The second-order valence-electron chi connectivity index (χ2n) is 4.13. The SMILES string of the molecule is Cc1ccc(C(N)c2cccc(F)c2F)cc1Cl. The lowest BCUT2D eigenvalue weighted by Crippen LogP contribution is -2.14. The number of nitrogens with two attached hydrogens (primary N) is 1. The molecular weight excluding hydrogens is 256 g/mol. The first kappa shape index (κ1) is 13.0. The van der Waals surface area contributed by atoms with Crippen LogP contribution in [0.2, 0.25) is 5.02 Å². The van der Waals surface area contributed by atoms with Crippen LogP contribution in [0.25, 0.3) is 0 Å². The summed E-state index contributed by atoms with van der Waals surface area (Å²) < 4.78 is 26.8. The van der Waals surface area contributed by atoms with Crippen molar-refractivity contribution in [2.24, 2.45) is 5.73 Å². The predicted molar refractivity (Wildman–Crippen MR) is 68.6 cm³/mol. The molecule has 4 heteroatoms. The predicted octanol–water partition coefficient (Wildman–Crippen LogP) is 3.97. The molecule has 0 saturated heterocycles. The van der Waals surface area contributed by atoms with E-state index in [2.05, 4.69) is 0 Å². The molecule has 2 rings (SSSR count). The Bertz CT molecular complexity index is 584. The molecule has 2 N–H and O–H groups in total. The summed E-state index contributed by atoms with van der Waals surface area (Å²) in [5, 5.41) is 0.555. The summed E-state index contributed by atoms with van der Waals surface area (Å²) in [6.07, 6.45) is 0. The van der Waals surface area contributed by atoms with Gasteiger partial charge in [-0.05, 0) is 30.2 Å². The van der Waals surface area contributed by atoms with Crippen LogP contribution in [-0.4, -0.2) is 0 Å². The third kappa shape index (κ3) is 2.37. The third-order valence-corrected chi connectivity index (χ3v) is 3.28. The van der Waals surface area contributed by atoms with Crippen LogP contribution in [0.5, 0.6) is 0 Å². The fourth-order valence-corrected chi connectivity index (χ4v) is 1.93. The molecule has 0 aliphatic rings. The van der Waals surface area contributed by atoms with Gasteiger partial charge in [0.2, 0.25) is 0 Å². The monoisotopic (exact) mass is 267 g/mol. The van der Waals surface area contributed by atoms with Gasteiger partial charge in [-0.1, -0.05) is 35.9 Å². The molecule has 0 aromatic heterocycles. The van der Waals surface area contributed by atoms with Crippen molar-refractivity contribution in [1.82, 2.24) is 0 Å². The maximum Gasteiger partial charge on any atom is 0.163 e. The molecule has 0 spiro atoms. The van der Waals surface area contributed by atoms with E-state index in [1.54, 1.807) is 18.2 Å². The number of hydrogen-bond acceptors (Lipinski definition) is 1. The average Bonchev–Trinajstić information content (AvgIpc) is 2.35. The van der Waals surface area contributed by atoms with Gasteiger partial charge in [0, 0.05) is 10.6 Å². The van der Waals surface area contributed by atoms with Gasteiger partial charge in [-0.2, -0.15) is 0 Å². The van der Waals surface area contributed by atoms with E-state index in [0.717, 1.165) is 11.6 Å². The van der Waals surface area contributed by atoms with Crippen LogP contribution in [-0.2, 0) is 0 Å². The molecule has 94 valence electrons. The minimum absolute atomic E-state index is 0.120. The molecule has 2 aromatic rings. The minimum atomic E-state index is -0.915. The zero-order chi connectivity index (χ0) is 13.3. The summed E-state index contributed by atoms with van der Waals surface area (Å²) >= 11 is 5.99. The Morgan fingerprint density at radius 1 is 1.17 bits per heavy atom. The Kier molecular flexibility index (Phi) is 3.64. The van der Waals surface area contributed by atoms with Crippen LogP contribution in [0.4, 0.5) is 8.78 Å². The molecule has 2 aromatic carbocycles. The zero-order valence-corrected chi connectivity index (χ0v) is 10.5. The molecule has 0 fully saturated rings. The van der Waals surface area contributed by atoms with Gasteiger partial charge in [0.1, 0.15) is 0 Å². The lowest BCUT2D eigenvalue weighted by Gasteiger charge is -2.14. The number of aryl methyl sites for hydroxylation is 1. The molecular formula is C14H12ClF2N. The lowest BCUT2D eigenvalue weighted by atomic mass is 9.98. The van der Waals surface area contributed by atoms with E-state index < -0.39 is 17.7 Å². The highest BCUT2D eigenvalue weighted by Crippen LogP contribution is 2.26. The van der Waals surface area contributed by atoms with Gasteiger partial charge < -0.3 is 5.73 Å². The van der Waals surface area contributed by atoms with Crippen molar-refractivity contribution in [2.75, 3.05) is 0 Å². The Morgan fingerprint density at radius 3 is 2.56 bits per heavy atom. The normalized spacial score (nSPS) is 12.5. The molecule has 0 amide bonds. The van der Waals surface area contributed by atoms with Crippen LogP contribution >= 0.6 is 11.6 Å². The van der Waals surface area contributed by atoms with Gasteiger partial charge in [0.25, 0.3) is 0 Å². The number of hydrogen-bond donors (Lipinski definition) is 1. The average molecular weight is 268 g/mol. The van der Waals surface area contributed by atoms with Gasteiger partial charge in [0.05, 0.1) is 6.04 Å². The Balaban J connectivity index is 2.44. The molecule has 0 aliphatic heterocycles. The Morgan fingerprint density at radius 2 is 1.89 bits per heavy atom. The van der Waals surface area contributed by atoms with E-state index in [0.29, 0.717) is 10.6 Å². The van der Waals surface area contributed by atoms with Crippen LogP contribution in [0.15, 0.2) is 36.4 Å². The molecule has 1 atom stereocenters. The topological polar surface area (TPSA) is 26.0 Å². The van der Waals surface area contributed by atoms with Gasteiger partial charge in [-0.3, -0.25) is 0 Å². The number of halogens is 3. The second kappa shape index (κ2) is 5.04. The first-order valence-corrected chi connectivity index (χ1v) is 5.84. The first-order valence-electron chi connectivity index (χ1n) is 5.46. The van der Waals surface area contributed by atoms with Crippen LogP contribution in [0, 0.1) is 18.6 Å². The van der Waals surface area contributed by atoms with Crippen molar-refractivity contribution in [2.45, 2.75) is 13.0 Å². The lowest BCUT2D eigenvalue weighted by molar-refractivity contribution is 0.494. The Hall–Kier alpha value is -1.45. The van der Waals surface area contributed by atoms with Crippen LogP contribution < -0.4 is 5.73 Å². The van der Waals surface area contributed by atoms with Gasteiger partial charge in [-0.25, -0.2) is 8.78 Å². The second-order valence-corrected chi connectivity index (χ2v) is 4.54. The van der Waals surface area contributed by atoms with Crippen molar-refractivity contribution in [3.63, 3.8) is 0 Å². The van der Waals surface area contributed by atoms with E-state index in [1.165, 1.54) is 12.1 Å². The summed E-state index contributed by atoms with van der Waals surface area (Å²) in [4.78, 5) is 0. The van der Waals surface area contributed by atoms with E-state index in [-0.39, 0.29) is 5.56 Å². The molecule has 0 radical (unpaired) electrons. The molecule has 1 nitrogen and oxygen atoms in total. The summed E-state index contributed by atoms with van der Waals surface area (Å²) in [5.41, 5.74) is 7.62. The fourth-order valence-electron chi connectivity index (χ4n) is 1.74. The molecule has 0 saturated carbocycles. The summed E-state index contributed by atoms with van der Waals surface area (Å²) in [5.74, 6) is -1.82. The molecule has 0 bridgehead atoms. The van der Waals surface area contributed by atoms with E-state index in [9.17, 15) is 8.78 Å². The highest BCUT2D eigenvalue weighted by molar-refractivity contribution is 6.31. The van der Waals surface area contributed by atoms with E-state index in [4.69, 9.17) is 17.3 Å². The van der Waals surface area contributed by atoms with Crippen molar-refractivity contribution >= 4 is 11.6 Å². The largest absolute Gasteiger partial charge is 0.320 e. The third-order valence-electron chi connectivity index (χ3n) is 2.87. The minimum Gasteiger partial charge on any atom is -0.320 e. The van der Waals surface area contributed by atoms with Crippen molar-refractivity contribution in [1.29, 1.82) is 0 Å². The first-order chi connectivity index (χ1) is 8.50. The van der Waals surface area contributed by atoms with E-state index in [1.807, 2.05) is 6.92 Å². The van der Waals surface area contributed by atoms with E-state index >= 15 is 0 Å². The van der Waals surface area contributed by atoms with Gasteiger partial charge >= 0.3 is 0 Å². The van der Waals surface area contributed by atoms with Crippen molar-refractivity contribution in [3.8, 4) is 0 Å². The maximum absolute atomic E-state index is 13.6. The standard InChI is InChI=1S/C14H12ClF2N/c1-8-5-6-9(7-11(8)15)14(18)10-3-2-4-12(16)13(10)17/h2-7,14H,18H2,1H3. The number of rotatable bonds is 2. The Labute approximate surface area is 109 Å². The highest BCUT2D eigenvalue weighted by atomic mass is 35.5. The van der Waals surface area contributed by atoms with Crippen molar-refractivity contribution in [3.05, 3.63) is 69.7 Å². The molecule has 0 aliphatic carbocycles. The maximum atomic E-state index is 13.6. The quantitative estimate of drug-likeness (QED) is 0.875. The highest BCUT2D eigenvalue weighted by Gasteiger charge is 2.16. The zero-order valence-electron chi connectivity index (χ0n) is 9.75. The summed E-state index contributed by atoms with van der Waals surface area (Å²) in [6, 6.07) is 8.46.